The van der Waals surface area contributed by atoms with Crippen LogP contribution in [0.5, 0.6) is 0 Å². The Morgan fingerprint density at radius 2 is 2.05 bits per heavy atom. The van der Waals surface area contributed by atoms with E-state index in [1.165, 1.54) is 0 Å². The Bertz CT molecular complexity index is 623. The van der Waals surface area contributed by atoms with Gasteiger partial charge in [0.15, 0.2) is 5.43 Å². The standard InChI is InChI=1S/C17H25N3O2/c1-12-9-18-15(13(2)17(12)22)11-19-7-3-5-14(10-19)20-8-4-6-16(20)21/h9,14H,3-8,10-11H2,1-2H3,(H,18,22)/t14-/m1/s1. The van der Waals surface area contributed by atoms with E-state index in [1.54, 1.807) is 6.20 Å². The van der Waals surface area contributed by atoms with Gasteiger partial charge in [0, 0.05) is 55.1 Å². The fourth-order valence-electron chi connectivity index (χ4n) is 3.67. The van der Waals surface area contributed by atoms with Gasteiger partial charge in [-0.3, -0.25) is 14.5 Å². The number of carbonyl (C=O) groups is 1. The van der Waals surface area contributed by atoms with Crippen LogP contribution in [0.15, 0.2) is 11.0 Å². The molecular weight excluding hydrogens is 278 g/mol. The smallest absolute Gasteiger partial charge is 0.222 e. The van der Waals surface area contributed by atoms with Crippen LogP contribution < -0.4 is 5.43 Å². The van der Waals surface area contributed by atoms with Crippen LogP contribution in [0.2, 0.25) is 0 Å². The number of hydrogen-bond donors (Lipinski definition) is 1. The topological polar surface area (TPSA) is 56.4 Å². The second kappa shape index (κ2) is 6.24. The second-order valence-electron chi connectivity index (χ2n) is 6.63. The van der Waals surface area contributed by atoms with Crippen LogP contribution in [0.25, 0.3) is 0 Å². The van der Waals surface area contributed by atoms with E-state index in [1.807, 2.05) is 13.8 Å². The fraction of sp³-hybridized carbons (Fsp3) is 0.647. The van der Waals surface area contributed by atoms with Gasteiger partial charge in [-0.05, 0) is 39.7 Å². The summed E-state index contributed by atoms with van der Waals surface area (Å²) in [5.41, 5.74) is 2.72. The predicted molar refractivity (Wildman–Crippen MR) is 85.8 cm³/mol. The molecule has 0 unspecified atom stereocenters. The number of nitrogens with zero attached hydrogens (tertiary/aromatic N) is 2. The normalized spacial score (nSPS) is 23.3. The SMILES string of the molecule is Cc1c[nH]c(CN2CCC[C@@H](N3CCCC3=O)C2)c(C)c1=O. The second-order valence-corrected chi connectivity index (χ2v) is 6.63. The van der Waals surface area contributed by atoms with Crippen molar-refractivity contribution < 1.29 is 4.79 Å². The quantitative estimate of drug-likeness (QED) is 0.922. The van der Waals surface area contributed by atoms with Crippen LogP contribution in [0.4, 0.5) is 0 Å². The van der Waals surface area contributed by atoms with E-state index in [4.69, 9.17) is 0 Å². The molecule has 1 aromatic heterocycles. The Morgan fingerprint density at radius 1 is 1.23 bits per heavy atom. The number of likely N-dealkylation sites (tertiary alicyclic amines) is 2. The van der Waals surface area contributed by atoms with Gasteiger partial charge in [0.1, 0.15) is 0 Å². The Morgan fingerprint density at radius 3 is 2.77 bits per heavy atom. The zero-order valence-electron chi connectivity index (χ0n) is 13.5. The first-order valence-corrected chi connectivity index (χ1v) is 8.26. The van der Waals surface area contributed by atoms with Gasteiger partial charge in [-0.1, -0.05) is 0 Å². The molecule has 0 radical (unpaired) electrons. The van der Waals surface area contributed by atoms with Crippen LogP contribution in [0.3, 0.4) is 0 Å². The van der Waals surface area contributed by atoms with Crippen molar-refractivity contribution >= 4 is 5.91 Å². The molecule has 2 fully saturated rings. The van der Waals surface area contributed by atoms with Gasteiger partial charge in [-0.25, -0.2) is 0 Å². The van der Waals surface area contributed by atoms with Crippen LogP contribution in [0, 0.1) is 13.8 Å². The maximum Gasteiger partial charge on any atom is 0.222 e. The van der Waals surface area contributed by atoms with E-state index in [9.17, 15) is 9.59 Å². The molecule has 2 aliphatic heterocycles. The summed E-state index contributed by atoms with van der Waals surface area (Å²) in [5, 5.41) is 0. The lowest BCUT2D eigenvalue weighted by atomic mass is 10.0. The molecule has 0 aliphatic carbocycles. The number of aromatic nitrogens is 1. The summed E-state index contributed by atoms with van der Waals surface area (Å²) in [6.07, 6.45) is 5.73. The molecule has 3 rings (SSSR count). The van der Waals surface area contributed by atoms with Gasteiger partial charge in [-0.15, -0.1) is 0 Å². The molecular formula is C17H25N3O2. The van der Waals surface area contributed by atoms with Crippen molar-refractivity contribution in [2.45, 2.75) is 52.1 Å². The van der Waals surface area contributed by atoms with E-state index >= 15 is 0 Å². The summed E-state index contributed by atoms with van der Waals surface area (Å²) in [6.45, 7) is 7.37. The maximum atomic E-state index is 12.1. The van der Waals surface area contributed by atoms with Crippen LogP contribution >= 0.6 is 0 Å². The number of pyridine rings is 1. The molecule has 120 valence electrons. The average molecular weight is 303 g/mol. The molecule has 1 aromatic rings. The predicted octanol–water partition coefficient (Wildman–Crippen LogP) is 1.58. The minimum absolute atomic E-state index is 0.136. The molecule has 22 heavy (non-hydrogen) atoms. The third-order valence-electron chi connectivity index (χ3n) is 5.03. The summed E-state index contributed by atoms with van der Waals surface area (Å²) in [5.74, 6) is 0.312. The van der Waals surface area contributed by atoms with Crippen molar-refractivity contribution in [1.29, 1.82) is 0 Å². The number of H-pyrrole nitrogens is 1. The van der Waals surface area contributed by atoms with Gasteiger partial charge >= 0.3 is 0 Å². The first-order chi connectivity index (χ1) is 10.6. The molecule has 2 saturated heterocycles. The largest absolute Gasteiger partial charge is 0.363 e. The van der Waals surface area contributed by atoms with Crippen molar-refractivity contribution in [1.82, 2.24) is 14.8 Å². The highest BCUT2D eigenvalue weighted by molar-refractivity contribution is 5.78. The van der Waals surface area contributed by atoms with E-state index in [0.29, 0.717) is 18.4 Å². The highest BCUT2D eigenvalue weighted by Crippen LogP contribution is 2.22. The lowest BCUT2D eigenvalue weighted by Gasteiger charge is -2.37. The molecule has 5 nitrogen and oxygen atoms in total. The molecule has 0 saturated carbocycles. The Kier molecular flexibility index (Phi) is 4.34. The van der Waals surface area contributed by atoms with E-state index in [2.05, 4.69) is 14.8 Å². The van der Waals surface area contributed by atoms with Crippen molar-refractivity contribution in [3.05, 3.63) is 33.2 Å². The van der Waals surface area contributed by atoms with Gasteiger partial charge < -0.3 is 9.88 Å². The van der Waals surface area contributed by atoms with E-state index < -0.39 is 0 Å². The summed E-state index contributed by atoms with van der Waals surface area (Å²) >= 11 is 0. The van der Waals surface area contributed by atoms with Crippen molar-refractivity contribution in [3.8, 4) is 0 Å². The lowest BCUT2D eigenvalue weighted by Crippen LogP contribution is -2.48. The minimum Gasteiger partial charge on any atom is -0.363 e. The van der Waals surface area contributed by atoms with Crippen LogP contribution in [0.1, 0.15) is 42.5 Å². The Balaban J connectivity index is 1.69. The molecule has 2 aliphatic rings. The number of aromatic amines is 1. The third kappa shape index (κ3) is 2.95. The number of aryl methyl sites for hydroxylation is 1. The number of nitrogens with one attached hydrogen (secondary N) is 1. The molecule has 0 aromatic carbocycles. The number of carbonyl (C=O) groups excluding carboxylic acids is 1. The molecule has 0 bridgehead atoms. The summed E-state index contributed by atoms with van der Waals surface area (Å²) in [7, 11) is 0. The highest BCUT2D eigenvalue weighted by atomic mass is 16.2. The van der Waals surface area contributed by atoms with Gasteiger partial charge in [0.25, 0.3) is 0 Å². The summed E-state index contributed by atoms with van der Waals surface area (Å²) < 4.78 is 0. The van der Waals surface area contributed by atoms with Crippen LogP contribution in [-0.2, 0) is 11.3 Å². The zero-order valence-corrected chi connectivity index (χ0v) is 13.5. The third-order valence-corrected chi connectivity index (χ3v) is 5.03. The summed E-state index contributed by atoms with van der Waals surface area (Å²) in [4.78, 5) is 31.7. The number of rotatable bonds is 3. The van der Waals surface area contributed by atoms with Crippen molar-refractivity contribution in [2.75, 3.05) is 19.6 Å². The first-order valence-electron chi connectivity index (χ1n) is 8.26. The Hall–Kier alpha value is -1.62. The first kappa shape index (κ1) is 15.3. The highest BCUT2D eigenvalue weighted by Gasteiger charge is 2.31. The zero-order chi connectivity index (χ0) is 15.7. The van der Waals surface area contributed by atoms with E-state index in [-0.39, 0.29) is 5.43 Å². The summed E-state index contributed by atoms with van der Waals surface area (Å²) in [6, 6.07) is 0.348. The number of amides is 1. The van der Waals surface area contributed by atoms with Crippen molar-refractivity contribution in [3.63, 3.8) is 0 Å². The maximum absolute atomic E-state index is 12.1. The number of piperidine rings is 1. The monoisotopic (exact) mass is 303 g/mol. The van der Waals surface area contributed by atoms with Gasteiger partial charge in [0.05, 0.1) is 0 Å². The molecule has 3 heterocycles. The van der Waals surface area contributed by atoms with Crippen LogP contribution in [-0.4, -0.2) is 46.4 Å². The van der Waals surface area contributed by atoms with E-state index in [0.717, 1.165) is 62.3 Å². The average Bonchev–Trinajstić information content (AvgIpc) is 2.94. The molecule has 1 N–H and O–H groups in total. The number of hydrogen-bond acceptors (Lipinski definition) is 3. The minimum atomic E-state index is 0.136. The molecule has 0 spiro atoms. The molecule has 5 heteroatoms. The van der Waals surface area contributed by atoms with Crippen molar-refractivity contribution in [2.24, 2.45) is 0 Å². The lowest BCUT2D eigenvalue weighted by molar-refractivity contribution is -0.130. The molecule has 1 atom stereocenters. The Labute approximate surface area is 131 Å². The fourth-order valence-corrected chi connectivity index (χ4v) is 3.67. The molecule has 1 amide bonds. The van der Waals surface area contributed by atoms with Gasteiger partial charge in [0.2, 0.25) is 5.91 Å². The van der Waals surface area contributed by atoms with Gasteiger partial charge in [-0.2, -0.15) is 0 Å².